The molecule has 2 bridgehead atoms. The molecule has 0 aromatic heterocycles. The number of hydrogen-bond acceptors (Lipinski definition) is 1. The average Bonchev–Trinajstić information content (AvgIpc) is 2.74. The molecule has 2 heteroatoms. The van der Waals surface area contributed by atoms with Crippen LogP contribution in [0.25, 0.3) is 0 Å². The summed E-state index contributed by atoms with van der Waals surface area (Å²) in [5.41, 5.74) is 0.0199. The molecular formula is C13H21ClO. The third kappa shape index (κ3) is 1.95. The minimum Gasteiger partial charge on any atom is -0.299 e. The Bertz CT molecular complexity index is 261. The molecular weight excluding hydrogens is 208 g/mol. The highest BCUT2D eigenvalue weighted by Crippen LogP contribution is 2.58. The van der Waals surface area contributed by atoms with Crippen molar-refractivity contribution in [3.63, 3.8) is 0 Å². The lowest BCUT2D eigenvalue weighted by Crippen LogP contribution is -2.35. The van der Waals surface area contributed by atoms with Crippen LogP contribution in [0.15, 0.2) is 0 Å². The van der Waals surface area contributed by atoms with Gasteiger partial charge in [0.25, 0.3) is 0 Å². The first kappa shape index (κ1) is 11.4. The van der Waals surface area contributed by atoms with Crippen LogP contribution in [0.3, 0.4) is 0 Å². The second-order valence-corrected chi connectivity index (χ2v) is 6.36. The Morgan fingerprint density at radius 2 is 2.27 bits per heavy atom. The van der Waals surface area contributed by atoms with Gasteiger partial charge in [-0.25, -0.2) is 0 Å². The maximum absolute atomic E-state index is 11.9. The molecule has 0 amide bonds. The van der Waals surface area contributed by atoms with Gasteiger partial charge in [-0.15, -0.1) is 11.6 Å². The van der Waals surface area contributed by atoms with Crippen molar-refractivity contribution in [1.82, 2.24) is 0 Å². The van der Waals surface area contributed by atoms with E-state index in [2.05, 4.69) is 0 Å². The quantitative estimate of drug-likeness (QED) is 0.670. The Morgan fingerprint density at radius 3 is 2.67 bits per heavy atom. The summed E-state index contributed by atoms with van der Waals surface area (Å²) in [4.78, 5) is 11.9. The van der Waals surface area contributed by atoms with Gasteiger partial charge in [-0.1, -0.05) is 6.42 Å². The number of halogens is 1. The molecule has 0 spiro atoms. The van der Waals surface area contributed by atoms with Gasteiger partial charge in [-0.3, -0.25) is 4.79 Å². The minimum atomic E-state index is 0.0199. The zero-order chi connectivity index (χ0) is 11.1. The molecule has 0 aliphatic heterocycles. The lowest BCUT2D eigenvalue weighted by molar-refractivity contribution is -0.130. The molecule has 0 radical (unpaired) electrons. The number of carbonyl (C=O) groups is 1. The van der Waals surface area contributed by atoms with E-state index in [-0.39, 0.29) is 10.8 Å². The Balaban J connectivity index is 2.08. The van der Waals surface area contributed by atoms with Gasteiger partial charge in [0.15, 0.2) is 0 Å². The van der Waals surface area contributed by atoms with E-state index in [1.807, 2.05) is 6.92 Å². The van der Waals surface area contributed by atoms with E-state index in [0.717, 1.165) is 25.2 Å². The summed E-state index contributed by atoms with van der Waals surface area (Å²) in [5.74, 6) is 1.94. The first-order valence-electron chi connectivity index (χ1n) is 6.19. The minimum absolute atomic E-state index is 0.0199. The lowest BCUT2D eigenvalue weighted by atomic mass is 9.67. The molecule has 0 aromatic carbocycles. The maximum Gasteiger partial charge on any atom is 0.136 e. The molecule has 1 nitrogen and oxygen atoms in total. The molecule has 4 atom stereocenters. The molecule has 2 fully saturated rings. The van der Waals surface area contributed by atoms with Crippen molar-refractivity contribution in [1.29, 1.82) is 0 Å². The summed E-state index contributed by atoms with van der Waals surface area (Å²) in [6, 6.07) is 0. The molecule has 2 aliphatic rings. The Kier molecular flexibility index (Phi) is 3.12. The van der Waals surface area contributed by atoms with Crippen LogP contribution < -0.4 is 0 Å². The molecule has 86 valence electrons. The van der Waals surface area contributed by atoms with E-state index in [0.29, 0.717) is 11.7 Å². The zero-order valence-corrected chi connectivity index (χ0v) is 10.5. The predicted octanol–water partition coefficient (Wildman–Crippen LogP) is 3.79. The number of fused-ring (bicyclic) bond motifs is 2. The Labute approximate surface area is 97.6 Å². The standard InChI is InChI=1S/C13H21ClO/c1-9(14)5-6-13(10(2)15)8-11-3-4-12(13)7-11/h9,11-12H,3-8H2,1-2H3. The molecule has 0 aromatic rings. The molecule has 0 heterocycles. The van der Waals surface area contributed by atoms with Crippen molar-refractivity contribution in [2.75, 3.05) is 0 Å². The highest BCUT2D eigenvalue weighted by molar-refractivity contribution is 6.20. The second kappa shape index (κ2) is 4.08. The zero-order valence-electron chi connectivity index (χ0n) is 9.76. The summed E-state index contributed by atoms with van der Waals surface area (Å²) in [6.45, 7) is 3.82. The van der Waals surface area contributed by atoms with Crippen molar-refractivity contribution in [3.8, 4) is 0 Å². The number of rotatable bonds is 4. The molecule has 2 rings (SSSR count). The lowest BCUT2D eigenvalue weighted by Gasteiger charge is -2.35. The summed E-state index contributed by atoms with van der Waals surface area (Å²) in [7, 11) is 0. The van der Waals surface area contributed by atoms with Crippen LogP contribution in [0, 0.1) is 17.3 Å². The van der Waals surface area contributed by atoms with E-state index in [9.17, 15) is 4.79 Å². The molecule has 2 saturated carbocycles. The predicted molar refractivity (Wildman–Crippen MR) is 63.1 cm³/mol. The van der Waals surface area contributed by atoms with Gasteiger partial charge < -0.3 is 0 Å². The fourth-order valence-electron chi connectivity index (χ4n) is 3.81. The van der Waals surface area contributed by atoms with Gasteiger partial charge in [0, 0.05) is 10.8 Å². The summed E-state index contributed by atoms with van der Waals surface area (Å²) < 4.78 is 0. The number of Topliss-reactive ketones (excluding diaryl/α,β-unsaturated/α-hetero) is 1. The summed E-state index contributed by atoms with van der Waals surface area (Å²) in [6.07, 6.45) is 7.10. The number of carbonyl (C=O) groups excluding carboxylic acids is 1. The number of hydrogen-bond donors (Lipinski definition) is 0. The first-order valence-corrected chi connectivity index (χ1v) is 6.63. The maximum atomic E-state index is 11.9. The number of ketones is 1. The largest absolute Gasteiger partial charge is 0.299 e. The third-order valence-corrected chi connectivity index (χ3v) is 4.88. The fraction of sp³-hybridized carbons (Fsp3) is 0.923. The van der Waals surface area contributed by atoms with E-state index in [4.69, 9.17) is 11.6 Å². The van der Waals surface area contributed by atoms with Crippen molar-refractivity contribution in [2.45, 2.75) is 57.7 Å². The van der Waals surface area contributed by atoms with Crippen LogP contribution in [0.4, 0.5) is 0 Å². The van der Waals surface area contributed by atoms with Crippen LogP contribution in [-0.2, 0) is 4.79 Å². The second-order valence-electron chi connectivity index (χ2n) is 5.61. The molecule has 2 aliphatic carbocycles. The van der Waals surface area contributed by atoms with E-state index in [1.165, 1.54) is 19.3 Å². The van der Waals surface area contributed by atoms with Crippen molar-refractivity contribution >= 4 is 17.4 Å². The van der Waals surface area contributed by atoms with Crippen LogP contribution in [0.2, 0.25) is 0 Å². The Morgan fingerprint density at radius 1 is 1.53 bits per heavy atom. The van der Waals surface area contributed by atoms with Crippen LogP contribution >= 0.6 is 11.6 Å². The van der Waals surface area contributed by atoms with E-state index in [1.54, 1.807) is 6.92 Å². The summed E-state index contributed by atoms with van der Waals surface area (Å²) in [5, 5.41) is 0.209. The van der Waals surface area contributed by atoms with Crippen LogP contribution in [0.5, 0.6) is 0 Å². The van der Waals surface area contributed by atoms with Crippen LogP contribution in [-0.4, -0.2) is 11.2 Å². The van der Waals surface area contributed by atoms with Crippen molar-refractivity contribution in [2.24, 2.45) is 17.3 Å². The van der Waals surface area contributed by atoms with Gasteiger partial charge >= 0.3 is 0 Å². The molecule has 0 saturated heterocycles. The summed E-state index contributed by atoms with van der Waals surface area (Å²) >= 11 is 6.01. The van der Waals surface area contributed by atoms with E-state index < -0.39 is 0 Å². The highest BCUT2D eigenvalue weighted by atomic mass is 35.5. The van der Waals surface area contributed by atoms with Gasteiger partial charge in [0.2, 0.25) is 0 Å². The highest BCUT2D eigenvalue weighted by Gasteiger charge is 2.53. The molecule has 15 heavy (non-hydrogen) atoms. The fourth-order valence-corrected chi connectivity index (χ4v) is 3.92. The topological polar surface area (TPSA) is 17.1 Å². The van der Waals surface area contributed by atoms with E-state index >= 15 is 0 Å². The van der Waals surface area contributed by atoms with Gasteiger partial charge in [0.1, 0.15) is 5.78 Å². The normalized spacial score (nSPS) is 40.7. The first-order chi connectivity index (χ1) is 7.04. The Hall–Kier alpha value is -0.0400. The molecule has 0 N–H and O–H groups in total. The molecule has 4 unspecified atom stereocenters. The number of alkyl halides is 1. The van der Waals surface area contributed by atoms with Gasteiger partial charge in [-0.05, 0) is 57.8 Å². The monoisotopic (exact) mass is 228 g/mol. The van der Waals surface area contributed by atoms with Gasteiger partial charge in [-0.2, -0.15) is 0 Å². The van der Waals surface area contributed by atoms with Crippen molar-refractivity contribution < 1.29 is 4.79 Å². The third-order valence-electron chi connectivity index (χ3n) is 4.67. The van der Waals surface area contributed by atoms with Gasteiger partial charge in [0.05, 0.1) is 0 Å². The average molecular weight is 229 g/mol. The van der Waals surface area contributed by atoms with Crippen LogP contribution in [0.1, 0.15) is 52.4 Å². The smallest absolute Gasteiger partial charge is 0.136 e. The SMILES string of the molecule is CC(=O)C1(CCC(C)Cl)CC2CCC1C2. The van der Waals surface area contributed by atoms with Crippen molar-refractivity contribution in [3.05, 3.63) is 0 Å².